The van der Waals surface area contributed by atoms with E-state index in [1.165, 1.54) is 18.3 Å². The lowest BCUT2D eigenvalue weighted by molar-refractivity contribution is -0.0557. The van der Waals surface area contributed by atoms with E-state index in [1.807, 2.05) is 30.3 Å². The highest BCUT2D eigenvalue weighted by Crippen LogP contribution is 2.42. The molecule has 5 rings (SSSR count). The Morgan fingerprint density at radius 2 is 2.00 bits per heavy atom. The van der Waals surface area contributed by atoms with E-state index in [0.29, 0.717) is 22.7 Å². The molecule has 0 amide bonds. The average Bonchev–Trinajstić information content (AvgIpc) is 3.46. The Morgan fingerprint density at radius 3 is 2.68 bits per heavy atom. The fourth-order valence-electron chi connectivity index (χ4n) is 3.84. The molecule has 1 saturated carbocycles. The lowest BCUT2D eigenvalue weighted by atomic mass is 9.99. The van der Waals surface area contributed by atoms with Crippen LogP contribution in [-0.2, 0) is 16.9 Å². The highest BCUT2D eigenvalue weighted by atomic mass is 32.2. The van der Waals surface area contributed by atoms with Crippen LogP contribution in [0.25, 0.3) is 0 Å². The van der Waals surface area contributed by atoms with Gasteiger partial charge >= 0.3 is 0 Å². The number of anilines is 1. The molecule has 1 unspecified atom stereocenters. The standard InChI is InChI=1S/C20H25N5O5S/c26-9-13-14(27)15(28)18(30-13)25-17-16(23-19(25)31-24-12-6-7-12)20(29,22-10-21-17)8-11-4-2-1-3-5-11/h1-5,10,12-15,18,24,26-29H,6-9H2,(H,21,22)/t13-,14-,15-,18-,20?/m1/s1. The van der Waals surface area contributed by atoms with E-state index in [1.54, 1.807) is 4.57 Å². The van der Waals surface area contributed by atoms with Crippen molar-refractivity contribution in [3.05, 3.63) is 41.6 Å². The number of benzene rings is 1. The number of nitrogens with one attached hydrogen (secondary N) is 2. The average molecular weight is 448 g/mol. The Kier molecular flexibility index (Phi) is 5.51. The number of aliphatic hydroxyl groups is 4. The fourth-order valence-corrected chi connectivity index (χ4v) is 4.78. The van der Waals surface area contributed by atoms with Gasteiger partial charge in [-0.15, -0.1) is 0 Å². The first-order valence-corrected chi connectivity index (χ1v) is 11.1. The number of rotatable bonds is 7. The summed E-state index contributed by atoms with van der Waals surface area (Å²) in [6.07, 6.45) is -0.693. The van der Waals surface area contributed by atoms with E-state index in [2.05, 4.69) is 20.0 Å². The smallest absolute Gasteiger partial charge is 0.208 e. The van der Waals surface area contributed by atoms with Gasteiger partial charge in [-0.25, -0.2) is 9.98 Å². The van der Waals surface area contributed by atoms with Gasteiger partial charge in [-0.3, -0.25) is 9.29 Å². The van der Waals surface area contributed by atoms with Crippen LogP contribution < -0.4 is 10.0 Å². The summed E-state index contributed by atoms with van der Waals surface area (Å²) in [7, 11) is 0. The quantitative estimate of drug-likeness (QED) is 0.325. The molecular weight excluding hydrogens is 422 g/mol. The monoisotopic (exact) mass is 447 g/mol. The van der Waals surface area contributed by atoms with Crippen LogP contribution in [0.3, 0.4) is 0 Å². The Labute approximate surface area is 183 Å². The van der Waals surface area contributed by atoms with Crippen LogP contribution in [0.15, 0.2) is 40.5 Å². The predicted octanol–water partition coefficient (Wildman–Crippen LogP) is 0.0953. The maximum atomic E-state index is 11.4. The molecule has 5 atom stereocenters. The summed E-state index contributed by atoms with van der Waals surface area (Å²) in [4.78, 5) is 8.93. The van der Waals surface area contributed by atoms with Crippen LogP contribution >= 0.6 is 11.9 Å². The molecule has 6 N–H and O–H groups in total. The zero-order chi connectivity index (χ0) is 21.6. The molecule has 1 saturated heterocycles. The second-order valence-corrected chi connectivity index (χ2v) is 8.87. The highest BCUT2D eigenvalue weighted by Gasteiger charge is 2.47. The summed E-state index contributed by atoms with van der Waals surface area (Å²) >= 11 is 1.28. The molecule has 1 aromatic carbocycles. The molecule has 10 nitrogen and oxygen atoms in total. The summed E-state index contributed by atoms with van der Waals surface area (Å²) in [5.74, 6) is 0.420. The molecule has 2 aromatic rings. The first kappa shape index (κ1) is 20.9. The van der Waals surface area contributed by atoms with Crippen molar-refractivity contribution in [3.8, 4) is 0 Å². The van der Waals surface area contributed by atoms with E-state index < -0.39 is 36.9 Å². The van der Waals surface area contributed by atoms with E-state index in [9.17, 15) is 20.4 Å². The van der Waals surface area contributed by atoms with Crippen LogP contribution in [0.2, 0.25) is 0 Å². The van der Waals surface area contributed by atoms with Gasteiger partial charge in [-0.1, -0.05) is 30.3 Å². The predicted molar refractivity (Wildman–Crippen MR) is 113 cm³/mol. The normalized spacial score (nSPS) is 32.1. The number of aliphatic imine (C=N–C) groups is 1. The van der Waals surface area contributed by atoms with Crippen LogP contribution in [0, 0.1) is 0 Å². The molecule has 3 heterocycles. The Bertz CT molecular complexity index is 968. The number of aliphatic hydroxyl groups excluding tert-OH is 3. The van der Waals surface area contributed by atoms with Crippen molar-refractivity contribution in [1.82, 2.24) is 14.3 Å². The molecule has 0 bridgehead atoms. The molecular formula is C20H25N5O5S. The molecule has 166 valence electrons. The third-order valence-corrected chi connectivity index (χ3v) is 6.62. The van der Waals surface area contributed by atoms with Crippen molar-refractivity contribution in [1.29, 1.82) is 0 Å². The maximum absolute atomic E-state index is 11.4. The van der Waals surface area contributed by atoms with Gasteiger partial charge in [0, 0.05) is 12.5 Å². The first-order chi connectivity index (χ1) is 15.0. The van der Waals surface area contributed by atoms with Gasteiger partial charge < -0.3 is 30.5 Å². The van der Waals surface area contributed by atoms with Gasteiger partial charge in [0.15, 0.2) is 11.4 Å². The molecule has 3 aliphatic rings. The molecule has 0 spiro atoms. The van der Waals surface area contributed by atoms with Crippen molar-refractivity contribution >= 4 is 24.1 Å². The van der Waals surface area contributed by atoms with Gasteiger partial charge in [0.05, 0.1) is 12.9 Å². The van der Waals surface area contributed by atoms with Crippen molar-refractivity contribution in [2.24, 2.45) is 4.99 Å². The van der Waals surface area contributed by atoms with E-state index in [-0.39, 0.29) is 6.42 Å². The van der Waals surface area contributed by atoms with Crippen molar-refractivity contribution in [2.45, 2.75) is 60.7 Å². The van der Waals surface area contributed by atoms with Gasteiger partial charge in [-0.05, 0) is 30.4 Å². The third kappa shape index (κ3) is 3.87. The lowest BCUT2D eigenvalue weighted by Gasteiger charge is -2.28. The molecule has 2 fully saturated rings. The SMILES string of the molecule is OC[C@H]1O[C@@H](n2c(SNC3CC3)nc3c2NC=NC3(O)Cc2ccccc2)[C@H](O)[C@@H]1O. The zero-order valence-electron chi connectivity index (χ0n) is 16.6. The number of hydrogen-bond acceptors (Lipinski definition) is 10. The summed E-state index contributed by atoms with van der Waals surface area (Å²) in [6, 6.07) is 9.88. The van der Waals surface area contributed by atoms with Gasteiger partial charge in [0.1, 0.15) is 29.8 Å². The Hall–Kier alpha value is -1.99. The molecule has 1 aliphatic carbocycles. The number of fused-ring (bicyclic) bond motifs is 1. The van der Waals surface area contributed by atoms with Gasteiger partial charge in [0.2, 0.25) is 5.72 Å². The van der Waals surface area contributed by atoms with Gasteiger partial charge in [0.25, 0.3) is 0 Å². The minimum Gasteiger partial charge on any atom is -0.394 e. The number of imidazole rings is 1. The third-order valence-electron chi connectivity index (χ3n) is 5.70. The van der Waals surface area contributed by atoms with E-state index in [4.69, 9.17) is 4.74 Å². The van der Waals surface area contributed by atoms with Crippen molar-refractivity contribution in [2.75, 3.05) is 11.9 Å². The van der Waals surface area contributed by atoms with Crippen LogP contribution in [0.1, 0.15) is 30.3 Å². The Morgan fingerprint density at radius 1 is 1.23 bits per heavy atom. The summed E-state index contributed by atoms with van der Waals surface area (Å²) < 4.78 is 10.7. The highest BCUT2D eigenvalue weighted by molar-refractivity contribution is 7.97. The Balaban J connectivity index is 1.54. The zero-order valence-corrected chi connectivity index (χ0v) is 17.4. The van der Waals surface area contributed by atoms with Crippen LogP contribution in [0.4, 0.5) is 5.82 Å². The molecule has 1 aromatic heterocycles. The van der Waals surface area contributed by atoms with E-state index >= 15 is 0 Å². The van der Waals surface area contributed by atoms with Crippen LogP contribution in [-0.4, -0.2) is 67.3 Å². The number of ether oxygens (including phenoxy) is 1. The topological polar surface area (TPSA) is 144 Å². The van der Waals surface area contributed by atoms with Crippen molar-refractivity contribution in [3.63, 3.8) is 0 Å². The number of hydrogen-bond donors (Lipinski definition) is 6. The fraction of sp³-hybridized carbons (Fsp3) is 0.500. The van der Waals surface area contributed by atoms with Crippen LogP contribution in [0.5, 0.6) is 0 Å². The number of nitrogens with zero attached hydrogens (tertiary/aromatic N) is 3. The minimum absolute atomic E-state index is 0.214. The lowest BCUT2D eigenvalue weighted by Crippen LogP contribution is -2.34. The summed E-state index contributed by atoms with van der Waals surface area (Å²) in [6.45, 7) is -0.429. The summed E-state index contributed by atoms with van der Waals surface area (Å²) in [5, 5.41) is 45.3. The number of aromatic nitrogens is 2. The molecule has 0 radical (unpaired) electrons. The van der Waals surface area contributed by atoms with Gasteiger partial charge in [-0.2, -0.15) is 0 Å². The maximum Gasteiger partial charge on any atom is 0.208 e. The van der Waals surface area contributed by atoms with E-state index in [0.717, 1.165) is 18.4 Å². The molecule has 2 aliphatic heterocycles. The molecule has 31 heavy (non-hydrogen) atoms. The first-order valence-electron chi connectivity index (χ1n) is 10.2. The minimum atomic E-state index is -1.61. The largest absolute Gasteiger partial charge is 0.394 e. The molecule has 11 heteroatoms. The van der Waals surface area contributed by atoms with Crippen molar-refractivity contribution < 1.29 is 25.2 Å². The second-order valence-electron chi connectivity index (χ2n) is 8.07. The summed E-state index contributed by atoms with van der Waals surface area (Å²) in [5.41, 5.74) is -0.417. The second kappa shape index (κ2) is 8.17.